The Bertz CT molecular complexity index is 429. The molecule has 1 aromatic rings. The molecule has 2 heteroatoms. The van der Waals surface area contributed by atoms with Gasteiger partial charge in [0.25, 0.3) is 0 Å². The summed E-state index contributed by atoms with van der Waals surface area (Å²) in [5.41, 5.74) is 1.20. The lowest BCUT2D eigenvalue weighted by Gasteiger charge is -2.36. The van der Waals surface area contributed by atoms with Crippen LogP contribution in [0.15, 0.2) is 24.3 Å². The van der Waals surface area contributed by atoms with Crippen LogP contribution in [0.2, 0.25) is 0 Å². The first-order valence-corrected chi connectivity index (χ1v) is 8.56. The van der Waals surface area contributed by atoms with Gasteiger partial charge in [-0.05, 0) is 67.3 Å². The number of rotatable bonds is 6. The topological polar surface area (TPSA) is 12.0 Å². The Morgan fingerprint density at radius 3 is 2.76 bits per heavy atom. The van der Waals surface area contributed by atoms with Crippen LogP contribution in [-0.4, -0.2) is 13.1 Å². The number of hydrogen-bond donors (Lipinski definition) is 1. The first-order chi connectivity index (χ1) is 10.1. The molecule has 2 rings (SSSR count). The summed E-state index contributed by atoms with van der Waals surface area (Å²) in [6.45, 7) is 8.90. The van der Waals surface area contributed by atoms with E-state index < -0.39 is 0 Å². The van der Waals surface area contributed by atoms with Crippen LogP contribution >= 0.6 is 0 Å². The first kappa shape index (κ1) is 16.5. The number of nitrogens with one attached hydrogen (secondary N) is 1. The van der Waals surface area contributed by atoms with Gasteiger partial charge in [-0.2, -0.15) is 0 Å². The van der Waals surface area contributed by atoms with E-state index in [1.54, 1.807) is 12.1 Å². The number of halogens is 1. The summed E-state index contributed by atoms with van der Waals surface area (Å²) >= 11 is 0. The highest BCUT2D eigenvalue weighted by atomic mass is 19.1. The monoisotopic (exact) mass is 291 g/mol. The smallest absolute Gasteiger partial charge is 0.123 e. The quantitative estimate of drug-likeness (QED) is 0.779. The van der Waals surface area contributed by atoms with Gasteiger partial charge >= 0.3 is 0 Å². The van der Waals surface area contributed by atoms with E-state index in [1.165, 1.54) is 31.2 Å². The van der Waals surface area contributed by atoms with E-state index >= 15 is 0 Å². The second kappa shape index (κ2) is 7.93. The lowest BCUT2D eigenvalue weighted by Crippen LogP contribution is -2.33. The maximum Gasteiger partial charge on any atom is 0.123 e. The molecule has 0 heterocycles. The van der Waals surface area contributed by atoms with Crippen LogP contribution in [0, 0.1) is 23.6 Å². The summed E-state index contributed by atoms with van der Waals surface area (Å²) in [7, 11) is 0. The summed E-state index contributed by atoms with van der Waals surface area (Å²) in [6, 6.07) is 7.27. The standard InChI is InChI=1S/C19H30FN/c1-4-15-8-9-17(13-21-12-14(2)3)19(10-15)16-6-5-7-18(20)11-16/h5-7,11,14-15,17,19,21H,4,8-10,12-13H2,1-3H3. The Morgan fingerprint density at radius 1 is 1.29 bits per heavy atom. The van der Waals surface area contributed by atoms with E-state index in [9.17, 15) is 4.39 Å². The number of hydrogen-bond acceptors (Lipinski definition) is 1. The summed E-state index contributed by atoms with van der Waals surface area (Å²) < 4.78 is 13.6. The van der Waals surface area contributed by atoms with Crippen molar-refractivity contribution in [2.24, 2.45) is 17.8 Å². The molecule has 1 nitrogen and oxygen atoms in total. The molecule has 1 aromatic carbocycles. The third kappa shape index (κ3) is 4.81. The molecule has 3 unspecified atom stereocenters. The molecule has 0 aliphatic heterocycles. The van der Waals surface area contributed by atoms with Crippen LogP contribution in [0.1, 0.15) is 57.9 Å². The highest BCUT2D eigenvalue weighted by Crippen LogP contribution is 2.41. The third-order valence-electron chi connectivity index (χ3n) is 4.92. The number of benzene rings is 1. The van der Waals surface area contributed by atoms with Gasteiger partial charge in [0.15, 0.2) is 0 Å². The van der Waals surface area contributed by atoms with Crippen LogP contribution in [-0.2, 0) is 0 Å². The lowest BCUT2D eigenvalue weighted by molar-refractivity contribution is 0.224. The molecular weight excluding hydrogens is 261 g/mol. The lowest BCUT2D eigenvalue weighted by atomic mass is 9.70. The molecule has 1 N–H and O–H groups in total. The van der Waals surface area contributed by atoms with E-state index in [0.29, 0.717) is 17.8 Å². The molecule has 1 saturated carbocycles. The molecule has 1 aliphatic carbocycles. The minimum atomic E-state index is -0.0972. The summed E-state index contributed by atoms with van der Waals surface area (Å²) in [5.74, 6) is 2.55. The zero-order valence-electron chi connectivity index (χ0n) is 13.7. The van der Waals surface area contributed by atoms with Crippen molar-refractivity contribution in [3.05, 3.63) is 35.6 Å². The van der Waals surface area contributed by atoms with Gasteiger partial charge in [0, 0.05) is 0 Å². The van der Waals surface area contributed by atoms with Crippen LogP contribution < -0.4 is 5.32 Å². The molecule has 0 amide bonds. The van der Waals surface area contributed by atoms with Crippen molar-refractivity contribution in [2.75, 3.05) is 13.1 Å². The molecule has 21 heavy (non-hydrogen) atoms. The predicted octanol–water partition coefficient (Wildman–Crippen LogP) is 4.98. The van der Waals surface area contributed by atoms with Gasteiger partial charge in [-0.1, -0.05) is 45.7 Å². The Hall–Kier alpha value is -0.890. The second-order valence-corrected chi connectivity index (χ2v) is 7.06. The van der Waals surface area contributed by atoms with Crippen LogP contribution in [0.4, 0.5) is 4.39 Å². The summed E-state index contributed by atoms with van der Waals surface area (Å²) in [4.78, 5) is 0. The molecule has 0 radical (unpaired) electrons. The summed E-state index contributed by atoms with van der Waals surface area (Å²) in [6.07, 6.45) is 5.06. The average Bonchev–Trinajstić information content (AvgIpc) is 2.47. The van der Waals surface area contributed by atoms with E-state index in [0.717, 1.165) is 19.0 Å². The Kier molecular flexibility index (Phi) is 6.22. The Labute approximate surface area is 129 Å². The fourth-order valence-corrected chi connectivity index (χ4v) is 3.64. The van der Waals surface area contributed by atoms with Crippen LogP contribution in [0.5, 0.6) is 0 Å². The normalized spacial score (nSPS) is 26.2. The van der Waals surface area contributed by atoms with E-state index in [2.05, 4.69) is 32.2 Å². The molecular formula is C19H30FN. The molecule has 0 aromatic heterocycles. The molecule has 0 saturated heterocycles. The SMILES string of the molecule is CCC1CCC(CNCC(C)C)C(c2cccc(F)c2)C1. The Balaban J connectivity index is 2.06. The molecule has 1 fully saturated rings. The Morgan fingerprint density at radius 2 is 2.10 bits per heavy atom. The fraction of sp³-hybridized carbons (Fsp3) is 0.684. The maximum absolute atomic E-state index is 13.6. The third-order valence-corrected chi connectivity index (χ3v) is 4.92. The van der Waals surface area contributed by atoms with Crippen molar-refractivity contribution in [2.45, 2.75) is 52.4 Å². The van der Waals surface area contributed by atoms with Crippen molar-refractivity contribution < 1.29 is 4.39 Å². The van der Waals surface area contributed by atoms with Gasteiger partial charge in [0.2, 0.25) is 0 Å². The van der Waals surface area contributed by atoms with Crippen LogP contribution in [0.25, 0.3) is 0 Å². The molecule has 3 atom stereocenters. The van der Waals surface area contributed by atoms with Gasteiger partial charge in [0.05, 0.1) is 0 Å². The van der Waals surface area contributed by atoms with Gasteiger partial charge in [-0.15, -0.1) is 0 Å². The van der Waals surface area contributed by atoms with Crippen molar-refractivity contribution in [1.82, 2.24) is 5.32 Å². The minimum absolute atomic E-state index is 0.0972. The van der Waals surface area contributed by atoms with E-state index in [4.69, 9.17) is 0 Å². The largest absolute Gasteiger partial charge is 0.316 e. The van der Waals surface area contributed by atoms with Gasteiger partial charge < -0.3 is 5.32 Å². The molecule has 118 valence electrons. The fourth-order valence-electron chi connectivity index (χ4n) is 3.64. The van der Waals surface area contributed by atoms with Crippen LogP contribution in [0.3, 0.4) is 0 Å². The van der Waals surface area contributed by atoms with Crippen molar-refractivity contribution >= 4 is 0 Å². The zero-order chi connectivity index (χ0) is 15.2. The summed E-state index contributed by atoms with van der Waals surface area (Å²) in [5, 5.41) is 3.61. The van der Waals surface area contributed by atoms with Gasteiger partial charge in [-0.25, -0.2) is 4.39 Å². The molecule has 0 bridgehead atoms. The maximum atomic E-state index is 13.6. The minimum Gasteiger partial charge on any atom is -0.316 e. The van der Waals surface area contributed by atoms with E-state index in [-0.39, 0.29) is 5.82 Å². The molecule has 0 spiro atoms. The highest BCUT2D eigenvalue weighted by molar-refractivity contribution is 5.22. The van der Waals surface area contributed by atoms with Crippen molar-refractivity contribution in [3.8, 4) is 0 Å². The van der Waals surface area contributed by atoms with Gasteiger partial charge in [0.1, 0.15) is 5.82 Å². The average molecular weight is 291 g/mol. The highest BCUT2D eigenvalue weighted by Gasteiger charge is 2.30. The van der Waals surface area contributed by atoms with E-state index in [1.807, 2.05) is 6.07 Å². The molecule has 1 aliphatic rings. The predicted molar refractivity (Wildman–Crippen MR) is 88.0 cm³/mol. The van der Waals surface area contributed by atoms with Crippen molar-refractivity contribution in [3.63, 3.8) is 0 Å². The van der Waals surface area contributed by atoms with Crippen molar-refractivity contribution in [1.29, 1.82) is 0 Å². The van der Waals surface area contributed by atoms with Gasteiger partial charge in [-0.3, -0.25) is 0 Å². The first-order valence-electron chi connectivity index (χ1n) is 8.56. The second-order valence-electron chi connectivity index (χ2n) is 7.06. The zero-order valence-corrected chi connectivity index (χ0v) is 13.7.